The third-order valence-electron chi connectivity index (χ3n) is 3.52. The van der Waals surface area contributed by atoms with Gasteiger partial charge in [-0.1, -0.05) is 17.3 Å². The standard InChI is InChI=1S/C14H17N3O3/c1-18-12-5-3-2-4-9(12)13-16-14(20-17-13)10-8-19-7-6-11(10)15/h2-5,10-11H,6-8,15H2,1H3. The molecule has 0 bridgehead atoms. The van der Waals surface area contributed by atoms with Crippen molar-refractivity contribution in [2.24, 2.45) is 5.73 Å². The first kappa shape index (κ1) is 13.1. The quantitative estimate of drug-likeness (QED) is 0.915. The van der Waals surface area contributed by atoms with Crippen LogP contribution in [0.1, 0.15) is 18.2 Å². The third-order valence-corrected chi connectivity index (χ3v) is 3.52. The Bertz CT molecular complexity index is 585. The number of hydrogen-bond acceptors (Lipinski definition) is 6. The summed E-state index contributed by atoms with van der Waals surface area (Å²) in [6.45, 7) is 1.21. The molecule has 1 aliphatic heterocycles. The smallest absolute Gasteiger partial charge is 0.233 e. The molecule has 1 aliphatic rings. The van der Waals surface area contributed by atoms with Gasteiger partial charge in [0.1, 0.15) is 5.75 Å². The Morgan fingerprint density at radius 2 is 2.20 bits per heavy atom. The normalized spacial score (nSPS) is 22.7. The molecule has 6 heteroatoms. The van der Waals surface area contributed by atoms with Gasteiger partial charge in [0, 0.05) is 12.6 Å². The fourth-order valence-electron chi connectivity index (χ4n) is 2.33. The average Bonchev–Trinajstić information content (AvgIpc) is 2.97. The molecule has 0 aliphatic carbocycles. The van der Waals surface area contributed by atoms with Gasteiger partial charge >= 0.3 is 0 Å². The van der Waals surface area contributed by atoms with Gasteiger partial charge in [0.05, 0.1) is 25.2 Å². The largest absolute Gasteiger partial charge is 0.496 e. The predicted molar refractivity (Wildman–Crippen MR) is 72.4 cm³/mol. The van der Waals surface area contributed by atoms with E-state index in [-0.39, 0.29) is 12.0 Å². The van der Waals surface area contributed by atoms with Gasteiger partial charge in [-0.05, 0) is 18.6 Å². The number of nitrogens with two attached hydrogens (primary N) is 1. The molecule has 0 amide bonds. The van der Waals surface area contributed by atoms with Gasteiger partial charge in [0.25, 0.3) is 0 Å². The van der Waals surface area contributed by atoms with Crippen molar-refractivity contribution in [2.45, 2.75) is 18.4 Å². The summed E-state index contributed by atoms with van der Waals surface area (Å²) < 4.78 is 16.1. The van der Waals surface area contributed by atoms with Crippen molar-refractivity contribution in [3.63, 3.8) is 0 Å². The topological polar surface area (TPSA) is 83.4 Å². The van der Waals surface area contributed by atoms with Crippen LogP contribution in [-0.2, 0) is 4.74 Å². The van der Waals surface area contributed by atoms with Gasteiger partial charge in [-0.3, -0.25) is 0 Å². The summed E-state index contributed by atoms with van der Waals surface area (Å²) in [6, 6.07) is 7.55. The van der Waals surface area contributed by atoms with Crippen molar-refractivity contribution < 1.29 is 14.0 Å². The molecule has 2 atom stereocenters. The van der Waals surface area contributed by atoms with Crippen LogP contribution in [0.5, 0.6) is 5.75 Å². The Morgan fingerprint density at radius 3 is 3.00 bits per heavy atom. The van der Waals surface area contributed by atoms with Crippen LogP contribution in [0.2, 0.25) is 0 Å². The van der Waals surface area contributed by atoms with Crippen LogP contribution in [0.25, 0.3) is 11.4 Å². The number of para-hydroxylation sites is 1. The summed E-state index contributed by atoms with van der Waals surface area (Å²) in [5.74, 6) is 1.71. The van der Waals surface area contributed by atoms with E-state index in [1.807, 2.05) is 24.3 Å². The minimum absolute atomic E-state index is 0.00489. The number of ether oxygens (including phenoxy) is 2. The highest BCUT2D eigenvalue weighted by atomic mass is 16.5. The van der Waals surface area contributed by atoms with Crippen molar-refractivity contribution in [1.29, 1.82) is 0 Å². The van der Waals surface area contributed by atoms with Crippen LogP contribution in [0.3, 0.4) is 0 Å². The van der Waals surface area contributed by atoms with Crippen LogP contribution in [0, 0.1) is 0 Å². The van der Waals surface area contributed by atoms with E-state index in [4.69, 9.17) is 19.7 Å². The van der Waals surface area contributed by atoms with E-state index in [1.165, 1.54) is 0 Å². The van der Waals surface area contributed by atoms with Crippen molar-refractivity contribution in [3.8, 4) is 17.1 Å². The monoisotopic (exact) mass is 275 g/mol. The lowest BCUT2D eigenvalue weighted by atomic mass is 9.97. The van der Waals surface area contributed by atoms with E-state index in [9.17, 15) is 0 Å². The molecule has 2 unspecified atom stereocenters. The van der Waals surface area contributed by atoms with Crippen molar-refractivity contribution in [1.82, 2.24) is 10.1 Å². The fourth-order valence-corrected chi connectivity index (χ4v) is 2.33. The van der Waals surface area contributed by atoms with Gasteiger partial charge in [-0.25, -0.2) is 0 Å². The van der Waals surface area contributed by atoms with E-state index in [0.717, 1.165) is 12.0 Å². The second kappa shape index (κ2) is 5.60. The van der Waals surface area contributed by atoms with Gasteiger partial charge in [-0.2, -0.15) is 4.98 Å². The molecule has 0 spiro atoms. The van der Waals surface area contributed by atoms with Crippen LogP contribution in [0.15, 0.2) is 28.8 Å². The van der Waals surface area contributed by atoms with Crippen LogP contribution in [-0.4, -0.2) is 36.5 Å². The Morgan fingerprint density at radius 1 is 1.35 bits per heavy atom. The molecule has 1 fully saturated rings. The zero-order valence-electron chi connectivity index (χ0n) is 11.3. The molecule has 20 heavy (non-hydrogen) atoms. The lowest BCUT2D eigenvalue weighted by Gasteiger charge is -2.25. The van der Waals surface area contributed by atoms with E-state index < -0.39 is 0 Å². The number of aromatic nitrogens is 2. The van der Waals surface area contributed by atoms with Crippen LogP contribution >= 0.6 is 0 Å². The highest BCUT2D eigenvalue weighted by molar-refractivity contribution is 5.63. The number of rotatable bonds is 3. The first-order chi connectivity index (χ1) is 9.79. The summed E-state index contributed by atoms with van der Waals surface area (Å²) in [4.78, 5) is 4.45. The van der Waals surface area contributed by atoms with Gasteiger partial charge in [-0.15, -0.1) is 0 Å². The Hall–Kier alpha value is -1.92. The summed E-state index contributed by atoms with van der Waals surface area (Å²) >= 11 is 0. The van der Waals surface area contributed by atoms with E-state index in [1.54, 1.807) is 7.11 Å². The highest BCUT2D eigenvalue weighted by Gasteiger charge is 2.29. The van der Waals surface area contributed by atoms with Crippen molar-refractivity contribution in [3.05, 3.63) is 30.2 Å². The number of nitrogens with zero attached hydrogens (tertiary/aromatic N) is 2. The molecular weight excluding hydrogens is 258 g/mol. The zero-order chi connectivity index (χ0) is 13.9. The number of benzene rings is 1. The predicted octanol–water partition coefficient (Wildman–Crippen LogP) is 1.58. The number of methoxy groups -OCH3 is 1. The van der Waals surface area contributed by atoms with Gasteiger partial charge in [0.15, 0.2) is 0 Å². The molecule has 1 saturated heterocycles. The summed E-state index contributed by atoms with van der Waals surface area (Å²) in [5, 5.41) is 4.03. The summed E-state index contributed by atoms with van der Waals surface area (Å²) in [7, 11) is 1.62. The first-order valence-electron chi connectivity index (χ1n) is 6.60. The SMILES string of the molecule is COc1ccccc1-c1noc(C2COCCC2N)n1. The maximum atomic E-state index is 6.08. The van der Waals surface area contributed by atoms with E-state index >= 15 is 0 Å². The van der Waals surface area contributed by atoms with Crippen LogP contribution in [0.4, 0.5) is 0 Å². The zero-order valence-corrected chi connectivity index (χ0v) is 11.3. The average molecular weight is 275 g/mol. The molecule has 1 aromatic carbocycles. The number of hydrogen-bond donors (Lipinski definition) is 1. The lowest BCUT2D eigenvalue weighted by Crippen LogP contribution is -2.37. The Labute approximate surface area is 116 Å². The molecule has 0 saturated carbocycles. The van der Waals surface area contributed by atoms with Crippen LogP contribution < -0.4 is 10.5 Å². The van der Waals surface area contributed by atoms with Gasteiger partial charge < -0.3 is 19.7 Å². The highest BCUT2D eigenvalue weighted by Crippen LogP contribution is 2.30. The minimum atomic E-state index is -0.0419. The van der Waals surface area contributed by atoms with E-state index in [0.29, 0.717) is 30.7 Å². The van der Waals surface area contributed by atoms with E-state index in [2.05, 4.69) is 10.1 Å². The first-order valence-corrected chi connectivity index (χ1v) is 6.60. The molecule has 2 N–H and O–H groups in total. The maximum absolute atomic E-state index is 6.08. The third kappa shape index (κ3) is 2.39. The van der Waals surface area contributed by atoms with Gasteiger partial charge in [0.2, 0.25) is 11.7 Å². The van der Waals surface area contributed by atoms with Crippen molar-refractivity contribution in [2.75, 3.05) is 20.3 Å². The molecule has 3 rings (SSSR count). The molecular formula is C14H17N3O3. The Balaban J connectivity index is 1.90. The minimum Gasteiger partial charge on any atom is -0.496 e. The second-order valence-corrected chi connectivity index (χ2v) is 4.79. The summed E-state index contributed by atoms with van der Waals surface area (Å²) in [5.41, 5.74) is 6.88. The molecule has 2 aromatic rings. The molecule has 2 heterocycles. The molecule has 1 aromatic heterocycles. The fraction of sp³-hybridized carbons (Fsp3) is 0.429. The second-order valence-electron chi connectivity index (χ2n) is 4.79. The molecule has 106 valence electrons. The van der Waals surface area contributed by atoms with Crippen molar-refractivity contribution >= 4 is 0 Å². The molecule has 0 radical (unpaired) electrons. The molecule has 6 nitrogen and oxygen atoms in total. The summed E-state index contributed by atoms with van der Waals surface area (Å²) in [6.07, 6.45) is 0.803. The Kier molecular flexibility index (Phi) is 3.66. The lowest BCUT2D eigenvalue weighted by molar-refractivity contribution is 0.0590. The maximum Gasteiger partial charge on any atom is 0.233 e.